The summed E-state index contributed by atoms with van der Waals surface area (Å²) in [6.45, 7) is 2.88. The van der Waals surface area contributed by atoms with Crippen LogP contribution < -0.4 is 0 Å². The van der Waals surface area contributed by atoms with Crippen LogP contribution in [0.15, 0.2) is 60.7 Å². The van der Waals surface area contributed by atoms with Gasteiger partial charge in [-0.2, -0.15) is 5.26 Å². The Labute approximate surface area is 167 Å². The SMILES string of the molecule is COC(=O)CCC(C#N)(c1ccccc1)C1CCN(Cc2ccccc2)CC1. The highest BCUT2D eigenvalue weighted by Crippen LogP contribution is 2.42. The summed E-state index contributed by atoms with van der Waals surface area (Å²) in [5, 5.41) is 10.3. The van der Waals surface area contributed by atoms with Gasteiger partial charge in [0.25, 0.3) is 0 Å². The normalized spacial score (nSPS) is 17.4. The number of carbonyl (C=O) groups excluding carboxylic acids is 1. The molecule has 1 fully saturated rings. The van der Waals surface area contributed by atoms with E-state index in [2.05, 4.69) is 35.2 Å². The maximum atomic E-state index is 11.8. The third-order valence-corrected chi connectivity index (χ3v) is 5.97. The van der Waals surface area contributed by atoms with Gasteiger partial charge in [-0.05, 0) is 49.4 Å². The summed E-state index contributed by atoms with van der Waals surface area (Å²) < 4.78 is 4.84. The molecule has 1 aliphatic heterocycles. The van der Waals surface area contributed by atoms with Crippen LogP contribution >= 0.6 is 0 Å². The van der Waals surface area contributed by atoms with Crippen LogP contribution in [0, 0.1) is 17.2 Å². The predicted molar refractivity (Wildman–Crippen MR) is 109 cm³/mol. The van der Waals surface area contributed by atoms with E-state index in [0.29, 0.717) is 6.42 Å². The number of esters is 1. The first-order valence-corrected chi connectivity index (χ1v) is 9.98. The van der Waals surface area contributed by atoms with Crippen LogP contribution in [0.2, 0.25) is 0 Å². The molecule has 4 heteroatoms. The zero-order valence-corrected chi connectivity index (χ0v) is 16.5. The van der Waals surface area contributed by atoms with Crippen molar-refractivity contribution in [1.29, 1.82) is 5.26 Å². The molecular formula is C24H28N2O2. The van der Waals surface area contributed by atoms with Gasteiger partial charge in [-0.15, -0.1) is 0 Å². The molecule has 3 rings (SSSR count). The highest BCUT2D eigenvalue weighted by Gasteiger charge is 2.42. The van der Waals surface area contributed by atoms with Crippen molar-refractivity contribution in [2.45, 2.75) is 37.6 Å². The number of benzene rings is 2. The first-order chi connectivity index (χ1) is 13.7. The molecule has 28 heavy (non-hydrogen) atoms. The Morgan fingerprint density at radius 2 is 1.71 bits per heavy atom. The van der Waals surface area contributed by atoms with Crippen LogP contribution in [0.5, 0.6) is 0 Å². The summed E-state index contributed by atoms with van der Waals surface area (Å²) >= 11 is 0. The molecule has 0 aliphatic carbocycles. The predicted octanol–water partition coefficient (Wildman–Crippen LogP) is 4.31. The molecule has 1 heterocycles. The molecular weight excluding hydrogens is 348 g/mol. The Bertz CT molecular complexity index is 792. The maximum Gasteiger partial charge on any atom is 0.305 e. The second-order valence-electron chi connectivity index (χ2n) is 7.56. The second-order valence-corrected chi connectivity index (χ2v) is 7.56. The Balaban J connectivity index is 1.74. The minimum atomic E-state index is -0.645. The van der Waals surface area contributed by atoms with E-state index in [0.717, 1.165) is 38.0 Å². The Hall–Kier alpha value is -2.64. The third-order valence-electron chi connectivity index (χ3n) is 5.97. The first-order valence-electron chi connectivity index (χ1n) is 9.98. The summed E-state index contributed by atoms with van der Waals surface area (Å²) in [6.07, 6.45) is 2.68. The Morgan fingerprint density at radius 1 is 1.11 bits per heavy atom. The van der Waals surface area contributed by atoms with E-state index in [-0.39, 0.29) is 18.3 Å². The molecule has 2 aromatic carbocycles. The number of nitrogens with zero attached hydrogens (tertiary/aromatic N) is 2. The van der Waals surface area contributed by atoms with E-state index in [1.165, 1.54) is 12.7 Å². The van der Waals surface area contributed by atoms with Crippen LogP contribution in [0.3, 0.4) is 0 Å². The summed E-state index contributed by atoms with van der Waals surface area (Å²) in [5.41, 5.74) is 1.69. The topological polar surface area (TPSA) is 53.3 Å². The lowest BCUT2D eigenvalue weighted by Gasteiger charge is -2.41. The van der Waals surface area contributed by atoms with Gasteiger partial charge in [0, 0.05) is 13.0 Å². The zero-order chi connectivity index (χ0) is 19.8. The summed E-state index contributed by atoms with van der Waals surface area (Å²) in [4.78, 5) is 14.3. The zero-order valence-electron chi connectivity index (χ0n) is 16.5. The Kier molecular flexibility index (Phi) is 6.84. The van der Waals surface area contributed by atoms with Crippen LogP contribution in [0.1, 0.15) is 36.8 Å². The molecule has 0 radical (unpaired) electrons. The number of nitriles is 1. The fraction of sp³-hybridized carbons (Fsp3) is 0.417. The monoisotopic (exact) mass is 376 g/mol. The molecule has 146 valence electrons. The van der Waals surface area contributed by atoms with Crippen molar-refractivity contribution in [3.8, 4) is 6.07 Å². The van der Waals surface area contributed by atoms with E-state index in [4.69, 9.17) is 4.74 Å². The summed E-state index contributed by atoms with van der Waals surface area (Å²) in [6, 6.07) is 23.1. The average molecular weight is 377 g/mol. The van der Waals surface area contributed by atoms with Gasteiger partial charge < -0.3 is 4.74 Å². The fourth-order valence-corrected chi connectivity index (χ4v) is 4.36. The van der Waals surface area contributed by atoms with E-state index in [9.17, 15) is 10.1 Å². The number of rotatable bonds is 7. The minimum absolute atomic E-state index is 0.233. The number of methoxy groups -OCH3 is 1. The van der Waals surface area contributed by atoms with E-state index in [1.807, 2.05) is 36.4 Å². The quantitative estimate of drug-likeness (QED) is 0.676. The standard InChI is InChI=1S/C24H28N2O2/c1-28-23(27)12-15-24(19-25,21-10-6-3-7-11-21)22-13-16-26(17-14-22)18-20-8-4-2-5-9-20/h2-11,22H,12-18H2,1H3. The molecule has 0 saturated carbocycles. The van der Waals surface area contributed by atoms with E-state index in [1.54, 1.807) is 0 Å². The number of likely N-dealkylation sites (tertiary alicyclic amines) is 1. The molecule has 2 aromatic rings. The van der Waals surface area contributed by atoms with Gasteiger partial charge in [-0.1, -0.05) is 60.7 Å². The van der Waals surface area contributed by atoms with Gasteiger partial charge >= 0.3 is 5.97 Å². The molecule has 4 nitrogen and oxygen atoms in total. The number of piperidine rings is 1. The van der Waals surface area contributed by atoms with Gasteiger partial charge in [-0.25, -0.2) is 0 Å². The number of ether oxygens (including phenoxy) is 1. The Morgan fingerprint density at radius 3 is 2.29 bits per heavy atom. The van der Waals surface area contributed by atoms with Crippen molar-refractivity contribution in [3.05, 3.63) is 71.8 Å². The van der Waals surface area contributed by atoms with Crippen LogP contribution in [-0.4, -0.2) is 31.1 Å². The molecule has 0 spiro atoms. The molecule has 1 atom stereocenters. The molecule has 0 aromatic heterocycles. The van der Waals surface area contributed by atoms with Crippen molar-refractivity contribution in [1.82, 2.24) is 4.90 Å². The second kappa shape index (κ2) is 9.52. The fourth-order valence-electron chi connectivity index (χ4n) is 4.36. The molecule has 0 bridgehead atoms. The van der Waals surface area contributed by atoms with Gasteiger partial charge in [0.2, 0.25) is 0 Å². The summed E-state index contributed by atoms with van der Waals surface area (Å²) in [5.74, 6) is -0.0198. The minimum Gasteiger partial charge on any atom is -0.469 e. The van der Waals surface area contributed by atoms with Gasteiger partial charge in [0.15, 0.2) is 0 Å². The third kappa shape index (κ3) is 4.61. The van der Waals surface area contributed by atoms with Crippen LogP contribution in [0.4, 0.5) is 0 Å². The number of hydrogen-bond acceptors (Lipinski definition) is 4. The lowest BCUT2D eigenvalue weighted by atomic mass is 9.65. The highest BCUT2D eigenvalue weighted by molar-refractivity contribution is 5.69. The molecule has 0 amide bonds. The lowest BCUT2D eigenvalue weighted by molar-refractivity contribution is -0.141. The summed E-state index contributed by atoms with van der Waals surface area (Å²) in [7, 11) is 1.40. The molecule has 1 unspecified atom stereocenters. The number of carbonyl (C=O) groups is 1. The smallest absolute Gasteiger partial charge is 0.305 e. The molecule has 1 saturated heterocycles. The largest absolute Gasteiger partial charge is 0.469 e. The lowest BCUT2D eigenvalue weighted by Crippen LogP contribution is -2.43. The van der Waals surface area contributed by atoms with Crippen molar-refractivity contribution in [2.75, 3.05) is 20.2 Å². The first kappa shape index (κ1) is 20.1. The van der Waals surface area contributed by atoms with Gasteiger partial charge in [0.1, 0.15) is 0 Å². The highest BCUT2D eigenvalue weighted by atomic mass is 16.5. The van der Waals surface area contributed by atoms with Gasteiger partial charge in [0.05, 0.1) is 18.6 Å². The molecule has 0 N–H and O–H groups in total. The average Bonchev–Trinajstić information content (AvgIpc) is 2.76. The van der Waals surface area contributed by atoms with Crippen LogP contribution in [0.25, 0.3) is 0 Å². The van der Waals surface area contributed by atoms with Crippen molar-refractivity contribution in [2.24, 2.45) is 5.92 Å². The van der Waals surface area contributed by atoms with E-state index >= 15 is 0 Å². The maximum absolute atomic E-state index is 11.8. The van der Waals surface area contributed by atoms with E-state index < -0.39 is 5.41 Å². The molecule has 1 aliphatic rings. The van der Waals surface area contributed by atoms with Crippen molar-refractivity contribution < 1.29 is 9.53 Å². The van der Waals surface area contributed by atoms with Crippen molar-refractivity contribution >= 4 is 5.97 Å². The van der Waals surface area contributed by atoms with Crippen LogP contribution in [-0.2, 0) is 21.5 Å². The van der Waals surface area contributed by atoms with Crippen molar-refractivity contribution in [3.63, 3.8) is 0 Å². The van der Waals surface area contributed by atoms with Gasteiger partial charge in [-0.3, -0.25) is 9.69 Å². The number of hydrogen-bond donors (Lipinski definition) is 0.